The number of aromatic nitrogens is 2. The normalized spacial score (nSPS) is 11.6. The zero-order chi connectivity index (χ0) is 21.3. The van der Waals surface area contributed by atoms with Gasteiger partial charge in [0.25, 0.3) is 0 Å². The molecule has 0 spiro atoms. The first kappa shape index (κ1) is 22.3. The van der Waals surface area contributed by atoms with Gasteiger partial charge in [0.15, 0.2) is 4.34 Å². The quantitative estimate of drug-likeness (QED) is 0.432. The molecule has 1 N–H and O–H groups in total. The molecule has 2 heterocycles. The van der Waals surface area contributed by atoms with Crippen LogP contribution in [0.3, 0.4) is 0 Å². The van der Waals surface area contributed by atoms with Gasteiger partial charge in [0.2, 0.25) is 11.0 Å². The molecule has 0 aliphatic carbocycles. The summed E-state index contributed by atoms with van der Waals surface area (Å²) in [5, 5.41) is 23.2. The minimum Gasteiger partial charge on any atom is -0.360 e. The maximum absolute atomic E-state index is 13.1. The van der Waals surface area contributed by atoms with Gasteiger partial charge in [-0.1, -0.05) is 46.9 Å². The Bertz CT molecular complexity index is 979. The molecule has 30 heavy (non-hydrogen) atoms. The Kier molecular flexibility index (Phi) is 8.25. The number of carbonyl (C=O) groups is 1. The van der Waals surface area contributed by atoms with Crippen LogP contribution in [0.2, 0.25) is 0 Å². The van der Waals surface area contributed by atoms with Crippen molar-refractivity contribution in [1.82, 2.24) is 10.2 Å². The van der Waals surface area contributed by atoms with Crippen molar-refractivity contribution < 1.29 is 4.79 Å². The van der Waals surface area contributed by atoms with Crippen LogP contribution in [0.4, 0.5) is 10.8 Å². The summed E-state index contributed by atoms with van der Waals surface area (Å²) in [6.45, 7) is 5.04. The Balaban J connectivity index is 1.58. The van der Waals surface area contributed by atoms with Gasteiger partial charge in [-0.05, 0) is 43.8 Å². The number of nitriles is 1. The van der Waals surface area contributed by atoms with E-state index in [1.54, 1.807) is 16.2 Å². The van der Waals surface area contributed by atoms with Crippen molar-refractivity contribution in [2.45, 2.75) is 36.3 Å². The van der Waals surface area contributed by atoms with E-state index < -0.39 is 0 Å². The third-order valence-corrected chi connectivity index (χ3v) is 7.31. The summed E-state index contributed by atoms with van der Waals surface area (Å²) in [6.07, 6.45) is 1.23. The molecule has 0 fully saturated rings. The van der Waals surface area contributed by atoms with E-state index in [0.29, 0.717) is 6.54 Å². The molecule has 156 valence electrons. The lowest BCUT2D eigenvalue weighted by molar-refractivity contribution is -0.117. The Morgan fingerprint density at radius 3 is 2.80 bits per heavy atom. The highest BCUT2D eigenvalue weighted by molar-refractivity contribution is 8.02. The summed E-state index contributed by atoms with van der Waals surface area (Å²) in [4.78, 5) is 16.1. The van der Waals surface area contributed by atoms with E-state index in [2.05, 4.69) is 39.1 Å². The number of amides is 1. The fraction of sp³-hybridized carbons (Fsp3) is 0.333. The van der Waals surface area contributed by atoms with Crippen LogP contribution >= 0.6 is 34.4 Å². The molecule has 1 amide bonds. The molecular weight excluding hydrogens is 434 g/mol. The summed E-state index contributed by atoms with van der Waals surface area (Å²) >= 11 is 4.59. The van der Waals surface area contributed by atoms with Crippen LogP contribution < -0.4 is 10.2 Å². The second-order valence-electron chi connectivity index (χ2n) is 6.62. The van der Waals surface area contributed by atoms with Gasteiger partial charge < -0.3 is 10.2 Å². The highest BCUT2D eigenvalue weighted by atomic mass is 32.2. The van der Waals surface area contributed by atoms with E-state index in [0.717, 1.165) is 33.7 Å². The molecule has 6 nitrogen and oxygen atoms in total. The van der Waals surface area contributed by atoms with Crippen LogP contribution in [0, 0.1) is 18.3 Å². The standard InChI is InChI=1S/C21H23N5OS3/c1-15-6-8-17(9-7-15)26(13-4-11-22)19(27)16(2)29-21-25-24-20(30-21)23-12-10-18-5-3-14-28-18/h3,5-9,14,16H,4,10,12-13H2,1-2H3,(H,23,24). The predicted octanol–water partition coefficient (Wildman–Crippen LogP) is 4.99. The van der Waals surface area contributed by atoms with Gasteiger partial charge in [-0.3, -0.25) is 4.79 Å². The lowest BCUT2D eigenvalue weighted by atomic mass is 10.2. The van der Waals surface area contributed by atoms with Crippen LogP contribution in [0.1, 0.15) is 23.8 Å². The minimum atomic E-state index is -0.336. The summed E-state index contributed by atoms with van der Waals surface area (Å²) in [5.74, 6) is -0.0403. The SMILES string of the molecule is Cc1ccc(N(CCC#N)C(=O)C(C)Sc2nnc(NCCc3cccs3)s2)cc1. The maximum atomic E-state index is 13.1. The van der Waals surface area contributed by atoms with Gasteiger partial charge in [-0.25, -0.2) is 0 Å². The number of anilines is 2. The van der Waals surface area contributed by atoms with Crippen molar-refractivity contribution in [2.24, 2.45) is 0 Å². The number of nitrogens with zero attached hydrogens (tertiary/aromatic N) is 4. The van der Waals surface area contributed by atoms with E-state index >= 15 is 0 Å². The molecule has 0 saturated heterocycles. The van der Waals surface area contributed by atoms with Crippen LogP contribution in [-0.4, -0.2) is 34.4 Å². The number of hydrogen-bond donors (Lipinski definition) is 1. The van der Waals surface area contributed by atoms with Crippen molar-refractivity contribution in [3.05, 3.63) is 52.2 Å². The molecule has 9 heteroatoms. The first-order valence-electron chi connectivity index (χ1n) is 9.58. The van der Waals surface area contributed by atoms with Gasteiger partial charge >= 0.3 is 0 Å². The number of thiophene rings is 1. The molecule has 3 aromatic rings. The lowest BCUT2D eigenvalue weighted by Crippen LogP contribution is -2.37. The summed E-state index contributed by atoms with van der Waals surface area (Å²) in [6, 6.07) is 14.1. The second kappa shape index (κ2) is 11.1. The molecule has 1 atom stereocenters. The summed E-state index contributed by atoms with van der Waals surface area (Å²) in [7, 11) is 0. The topological polar surface area (TPSA) is 81.9 Å². The second-order valence-corrected chi connectivity index (χ2v) is 10.2. The molecule has 1 unspecified atom stereocenters. The van der Waals surface area contributed by atoms with E-state index in [-0.39, 0.29) is 17.6 Å². The fourth-order valence-electron chi connectivity index (χ4n) is 2.75. The third-order valence-electron chi connectivity index (χ3n) is 4.32. The average molecular weight is 458 g/mol. The van der Waals surface area contributed by atoms with Crippen LogP contribution in [-0.2, 0) is 11.2 Å². The molecule has 0 bridgehead atoms. The zero-order valence-corrected chi connectivity index (χ0v) is 19.3. The number of benzene rings is 1. The lowest BCUT2D eigenvalue weighted by Gasteiger charge is -2.24. The highest BCUT2D eigenvalue weighted by Gasteiger charge is 2.24. The zero-order valence-electron chi connectivity index (χ0n) is 16.9. The number of thioether (sulfide) groups is 1. The number of hydrogen-bond acceptors (Lipinski definition) is 8. The van der Waals surface area contributed by atoms with Crippen molar-refractivity contribution >= 4 is 51.2 Å². The van der Waals surface area contributed by atoms with E-state index in [1.165, 1.54) is 28.0 Å². The number of carbonyl (C=O) groups excluding carboxylic acids is 1. The van der Waals surface area contributed by atoms with E-state index in [1.807, 2.05) is 38.1 Å². The van der Waals surface area contributed by atoms with Gasteiger partial charge in [-0.2, -0.15) is 5.26 Å². The van der Waals surface area contributed by atoms with Crippen LogP contribution in [0.15, 0.2) is 46.1 Å². The fourth-order valence-corrected chi connectivity index (χ4v) is 5.44. The minimum absolute atomic E-state index is 0.0403. The molecule has 0 aliphatic heterocycles. The first-order chi connectivity index (χ1) is 14.6. The Morgan fingerprint density at radius 2 is 2.10 bits per heavy atom. The van der Waals surface area contributed by atoms with Gasteiger partial charge in [0.1, 0.15) is 0 Å². The van der Waals surface area contributed by atoms with Gasteiger partial charge in [-0.15, -0.1) is 21.5 Å². The molecule has 0 aliphatic rings. The molecule has 1 aromatic carbocycles. The van der Waals surface area contributed by atoms with Gasteiger partial charge in [0.05, 0.1) is 17.7 Å². The highest BCUT2D eigenvalue weighted by Crippen LogP contribution is 2.30. The smallest absolute Gasteiger partial charge is 0.240 e. The monoisotopic (exact) mass is 457 g/mol. The Morgan fingerprint density at radius 1 is 1.30 bits per heavy atom. The van der Waals surface area contributed by atoms with Crippen molar-refractivity contribution in [1.29, 1.82) is 5.26 Å². The van der Waals surface area contributed by atoms with Crippen molar-refractivity contribution in [2.75, 3.05) is 23.3 Å². The summed E-state index contributed by atoms with van der Waals surface area (Å²) < 4.78 is 0.749. The Hall–Kier alpha value is -2.41. The predicted molar refractivity (Wildman–Crippen MR) is 126 cm³/mol. The molecular formula is C21H23N5OS3. The number of aryl methyl sites for hydroxylation is 1. The third kappa shape index (κ3) is 6.29. The van der Waals surface area contributed by atoms with Crippen molar-refractivity contribution in [3.63, 3.8) is 0 Å². The van der Waals surface area contributed by atoms with E-state index in [4.69, 9.17) is 5.26 Å². The summed E-state index contributed by atoms with van der Waals surface area (Å²) in [5.41, 5.74) is 1.93. The number of rotatable bonds is 10. The van der Waals surface area contributed by atoms with Gasteiger partial charge in [0, 0.05) is 23.7 Å². The molecule has 2 aromatic heterocycles. The molecule has 3 rings (SSSR count). The first-order valence-corrected chi connectivity index (χ1v) is 12.2. The maximum Gasteiger partial charge on any atom is 0.240 e. The molecule has 0 saturated carbocycles. The molecule has 0 radical (unpaired) electrons. The largest absolute Gasteiger partial charge is 0.360 e. The average Bonchev–Trinajstić information content (AvgIpc) is 3.41. The number of nitrogens with one attached hydrogen (secondary N) is 1. The van der Waals surface area contributed by atoms with Crippen LogP contribution in [0.25, 0.3) is 0 Å². The Labute approximate surface area is 189 Å². The van der Waals surface area contributed by atoms with Crippen LogP contribution in [0.5, 0.6) is 0 Å². The van der Waals surface area contributed by atoms with Crippen molar-refractivity contribution in [3.8, 4) is 6.07 Å². The van der Waals surface area contributed by atoms with E-state index in [9.17, 15) is 4.79 Å².